The number of unbranched alkanes of at least 4 members (excludes halogenated alkanes) is 2. The fraction of sp³-hybridized carbons (Fsp3) is 0.708. The highest BCUT2D eigenvalue weighted by molar-refractivity contribution is 5.73. The molecule has 0 N–H and O–H groups in total. The minimum atomic E-state index is -4.71. The molecule has 1 aromatic carbocycles. The molecule has 0 amide bonds. The number of rotatable bonds is 10. The van der Waals surface area contributed by atoms with Crippen LogP contribution in [0.3, 0.4) is 0 Å². The fourth-order valence-corrected chi connectivity index (χ4v) is 4.64. The lowest BCUT2D eigenvalue weighted by Crippen LogP contribution is -2.37. The molecule has 5 nitrogen and oxygen atoms in total. The summed E-state index contributed by atoms with van der Waals surface area (Å²) in [4.78, 5) is 12.5. The summed E-state index contributed by atoms with van der Waals surface area (Å²) in [5.41, 5.74) is 0. The number of cyclic esters (lactones) is 1. The Morgan fingerprint density at radius 1 is 0.969 bits per heavy atom. The zero-order valence-corrected chi connectivity index (χ0v) is 18.6. The van der Waals surface area contributed by atoms with E-state index < -0.39 is 6.36 Å². The topological polar surface area (TPSA) is 54.0 Å². The summed E-state index contributed by atoms with van der Waals surface area (Å²) in [5, 5.41) is 0. The Labute approximate surface area is 187 Å². The van der Waals surface area contributed by atoms with E-state index in [9.17, 15) is 18.0 Å². The zero-order valence-electron chi connectivity index (χ0n) is 18.6. The SMILES string of the molecule is CCCCCC1CCC(C2CCC(OCOc3ccc(OC(F)(F)F)cc3)CC2)C(=O)O1. The van der Waals surface area contributed by atoms with E-state index in [1.807, 2.05) is 0 Å². The Bertz CT molecular complexity index is 699. The van der Waals surface area contributed by atoms with Gasteiger partial charge >= 0.3 is 12.3 Å². The van der Waals surface area contributed by atoms with E-state index in [0.717, 1.165) is 51.4 Å². The minimum absolute atomic E-state index is 0.00653. The first-order valence-electron chi connectivity index (χ1n) is 11.6. The van der Waals surface area contributed by atoms with E-state index in [2.05, 4.69) is 11.7 Å². The van der Waals surface area contributed by atoms with Crippen molar-refractivity contribution in [3.8, 4) is 11.5 Å². The van der Waals surface area contributed by atoms with Gasteiger partial charge in [0.1, 0.15) is 17.6 Å². The molecule has 0 aromatic heterocycles. The third-order valence-corrected chi connectivity index (χ3v) is 6.39. The van der Waals surface area contributed by atoms with Gasteiger partial charge in [-0.15, -0.1) is 13.2 Å². The average molecular weight is 459 g/mol. The third-order valence-electron chi connectivity index (χ3n) is 6.39. The van der Waals surface area contributed by atoms with E-state index >= 15 is 0 Å². The molecule has 1 saturated heterocycles. The van der Waals surface area contributed by atoms with Crippen molar-refractivity contribution < 1.29 is 36.9 Å². The van der Waals surface area contributed by atoms with Gasteiger partial charge in [-0.3, -0.25) is 4.79 Å². The van der Waals surface area contributed by atoms with Crippen molar-refractivity contribution in [1.29, 1.82) is 0 Å². The lowest BCUT2D eigenvalue weighted by molar-refractivity contribution is -0.274. The van der Waals surface area contributed by atoms with Crippen LogP contribution in [0.2, 0.25) is 0 Å². The number of carbonyl (C=O) groups is 1. The number of halogens is 3. The summed E-state index contributed by atoms with van der Waals surface area (Å²) in [5.74, 6) is 0.445. The number of hydrogen-bond donors (Lipinski definition) is 0. The first-order valence-corrected chi connectivity index (χ1v) is 11.6. The molecule has 180 valence electrons. The minimum Gasteiger partial charge on any atom is -0.468 e. The maximum Gasteiger partial charge on any atom is 0.573 e. The lowest BCUT2D eigenvalue weighted by Gasteiger charge is -2.36. The van der Waals surface area contributed by atoms with E-state index in [0.29, 0.717) is 11.7 Å². The second kappa shape index (κ2) is 11.8. The fourth-order valence-electron chi connectivity index (χ4n) is 4.64. The van der Waals surface area contributed by atoms with Crippen LogP contribution in [0.1, 0.15) is 71.1 Å². The Morgan fingerprint density at radius 2 is 1.66 bits per heavy atom. The number of alkyl halides is 3. The first kappa shape index (κ1) is 24.7. The van der Waals surface area contributed by atoms with Crippen LogP contribution in [-0.4, -0.2) is 31.3 Å². The standard InChI is InChI=1S/C24H33F3O5/c1-2-3-4-5-20-14-15-22(23(28)31-20)17-6-8-18(9-7-17)29-16-30-19-10-12-21(13-11-19)32-24(25,26)27/h10-13,17-18,20,22H,2-9,14-16H2,1H3. The molecule has 3 rings (SSSR count). The molecule has 1 aliphatic carbocycles. The first-order chi connectivity index (χ1) is 15.3. The van der Waals surface area contributed by atoms with Crippen molar-refractivity contribution in [2.75, 3.05) is 6.79 Å². The van der Waals surface area contributed by atoms with E-state index in [4.69, 9.17) is 14.2 Å². The van der Waals surface area contributed by atoms with Gasteiger partial charge < -0.3 is 18.9 Å². The Balaban J connectivity index is 1.33. The maximum atomic E-state index is 12.5. The maximum absolute atomic E-state index is 12.5. The second-order valence-corrected chi connectivity index (χ2v) is 8.72. The molecule has 0 spiro atoms. The van der Waals surface area contributed by atoms with Gasteiger partial charge in [-0.05, 0) is 81.5 Å². The average Bonchev–Trinajstić information content (AvgIpc) is 2.75. The summed E-state index contributed by atoms with van der Waals surface area (Å²) in [7, 11) is 0. The largest absolute Gasteiger partial charge is 0.573 e. The predicted octanol–water partition coefficient (Wildman–Crippen LogP) is 6.40. The Kier molecular flexibility index (Phi) is 9.08. The highest BCUT2D eigenvalue weighted by atomic mass is 19.4. The van der Waals surface area contributed by atoms with Crippen LogP contribution >= 0.6 is 0 Å². The summed E-state index contributed by atoms with van der Waals surface area (Å²) < 4.78 is 57.4. The predicted molar refractivity (Wildman–Crippen MR) is 112 cm³/mol. The van der Waals surface area contributed by atoms with Gasteiger partial charge in [-0.2, -0.15) is 0 Å². The quantitative estimate of drug-likeness (QED) is 0.231. The van der Waals surface area contributed by atoms with Gasteiger partial charge in [0.15, 0.2) is 6.79 Å². The van der Waals surface area contributed by atoms with Crippen molar-refractivity contribution in [3.63, 3.8) is 0 Å². The number of hydrogen-bond acceptors (Lipinski definition) is 5. The molecular formula is C24H33F3O5. The second-order valence-electron chi connectivity index (χ2n) is 8.72. The van der Waals surface area contributed by atoms with Gasteiger partial charge in [0.05, 0.1) is 12.0 Å². The molecule has 0 bridgehead atoms. The van der Waals surface area contributed by atoms with Crippen LogP contribution in [0.4, 0.5) is 13.2 Å². The number of carbonyl (C=O) groups excluding carboxylic acids is 1. The molecule has 8 heteroatoms. The molecule has 2 unspecified atom stereocenters. The zero-order chi connectivity index (χ0) is 23.0. The molecule has 1 aliphatic heterocycles. The molecule has 1 saturated carbocycles. The molecule has 1 aromatic rings. The molecule has 2 fully saturated rings. The molecular weight excluding hydrogens is 425 g/mol. The van der Waals surface area contributed by atoms with Crippen LogP contribution in [0.15, 0.2) is 24.3 Å². The van der Waals surface area contributed by atoms with E-state index in [-0.39, 0.29) is 36.6 Å². The van der Waals surface area contributed by atoms with Crippen LogP contribution in [-0.2, 0) is 14.3 Å². The van der Waals surface area contributed by atoms with Gasteiger partial charge in [0, 0.05) is 0 Å². The van der Waals surface area contributed by atoms with Gasteiger partial charge in [0.2, 0.25) is 0 Å². The van der Waals surface area contributed by atoms with E-state index in [1.54, 1.807) is 0 Å². The van der Waals surface area contributed by atoms with Crippen molar-refractivity contribution >= 4 is 5.97 Å². The number of esters is 1. The van der Waals surface area contributed by atoms with Gasteiger partial charge in [0.25, 0.3) is 0 Å². The third kappa shape index (κ3) is 7.87. The normalized spacial score (nSPS) is 26.4. The summed E-state index contributed by atoms with van der Waals surface area (Å²) in [6.45, 7) is 2.20. The summed E-state index contributed by atoms with van der Waals surface area (Å²) in [6, 6.07) is 5.22. The Morgan fingerprint density at radius 3 is 2.28 bits per heavy atom. The summed E-state index contributed by atoms with van der Waals surface area (Å²) >= 11 is 0. The molecule has 2 aliphatic rings. The molecule has 2 atom stereocenters. The van der Waals surface area contributed by atoms with Gasteiger partial charge in [-0.1, -0.05) is 19.8 Å². The smallest absolute Gasteiger partial charge is 0.468 e. The molecule has 0 radical (unpaired) electrons. The van der Waals surface area contributed by atoms with Crippen LogP contribution in [0.5, 0.6) is 11.5 Å². The lowest BCUT2D eigenvalue weighted by atomic mass is 9.76. The highest BCUT2D eigenvalue weighted by Crippen LogP contribution is 2.37. The summed E-state index contributed by atoms with van der Waals surface area (Å²) in [6.07, 6.45) is 5.34. The van der Waals surface area contributed by atoms with Crippen LogP contribution in [0.25, 0.3) is 0 Å². The van der Waals surface area contributed by atoms with Crippen molar-refractivity contribution in [2.45, 2.75) is 89.7 Å². The van der Waals surface area contributed by atoms with Gasteiger partial charge in [-0.25, -0.2) is 0 Å². The highest BCUT2D eigenvalue weighted by Gasteiger charge is 2.37. The Hall–Kier alpha value is -1.96. The van der Waals surface area contributed by atoms with Crippen molar-refractivity contribution in [1.82, 2.24) is 0 Å². The molecule has 32 heavy (non-hydrogen) atoms. The van der Waals surface area contributed by atoms with Crippen LogP contribution in [0, 0.1) is 11.8 Å². The monoisotopic (exact) mass is 458 g/mol. The van der Waals surface area contributed by atoms with E-state index in [1.165, 1.54) is 37.1 Å². The number of ether oxygens (including phenoxy) is 4. The van der Waals surface area contributed by atoms with Crippen molar-refractivity contribution in [2.24, 2.45) is 11.8 Å². The van der Waals surface area contributed by atoms with Crippen molar-refractivity contribution in [3.05, 3.63) is 24.3 Å². The molecule has 1 heterocycles. The number of benzene rings is 1. The van der Waals surface area contributed by atoms with Crippen LogP contribution < -0.4 is 9.47 Å².